The molecule has 0 amide bonds. The Morgan fingerprint density at radius 1 is 1.04 bits per heavy atom. The van der Waals surface area contributed by atoms with Crippen LogP contribution in [0.4, 0.5) is 5.69 Å². The van der Waals surface area contributed by atoms with Crippen molar-refractivity contribution in [3.63, 3.8) is 0 Å². The zero-order chi connectivity index (χ0) is 16.4. The number of ketones is 1. The van der Waals surface area contributed by atoms with E-state index in [9.17, 15) is 4.79 Å². The van der Waals surface area contributed by atoms with Gasteiger partial charge in [0.15, 0.2) is 5.78 Å². The van der Waals surface area contributed by atoms with Crippen LogP contribution in [0.25, 0.3) is 0 Å². The highest BCUT2D eigenvalue weighted by atomic mass is 16.1. The Balaban J connectivity index is 1.90. The topological polar surface area (TPSA) is 20.3 Å². The Bertz CT molecular complexity index is 747. The molecule has 2 aromatic carbocycles. The molecule has 1 fully saturated rings. The Labute approximate surface area is 138 Å². The third kappa shape index (κ3) is 2.81. The fourth-order valence-corrected chi connectivity index (χ4v) is 3.51. The Hall–Kier alpha value is -2.35. The third-order valence-corrected chi connectivity index (χ3v) is 4.94. The van der Waals surface area contributed by atoms with E-state index in [4.69, 9.17) is 0 Å². The van der Waals surface area contributed by atoms with Crippen LogP contribution in [0.15, 0.2) is 66.4 Å². The molecule has 1 aliphatic rings. The molecule has 2 aromatic rings. The number of aryl methyl sites for hydroxylation is 1. The highest BCUT2D eigenvalue weighted by Gasteiger charge is 2.42. The predicted molar refractivity (Wildman–Crippen MR) is 95.7 cm³/mol. The molecule has 1 atom stereocenters. The molecule has 2 nitrogen and oxygen atoms in total. The summed E-state index contributed by atoms with van der Waals surface area (Å²) in [6, 6.07) is 18.4. The second-order valence-corrected chi connectivity index (χ2v) is 6.58. The molecule has 0 bridgehead atoms. The summed E-state index contributed by atoms with van der Waals surface area (Å²) in [7, 11) is 2.00. The molecule has 0 aliphatic heterocycles. The third-order valence-electron chi connectivity index (χ3n) is 4.94. The molecular formula is C21H23NO. The van der Waals surface area contributed by atoms with E-state index in [-0.39, 0.29) is 5.78 Å². The minimum atomic E-state index is -0.394. The number of para-hydroxylation sites is 1. The predicted octanol–water partition coefficient (Wildman–Crippen LogP) is 4.64. The molecule has 23 heavy (non-hydrogen) atoms. The maximum Gasteiger partial charge on any atom is 0.170 e. The molecule has 0 aromatic heterocycles. The van der Waals surface area contributed by atoms with Gasteiger partial charge in [0.05, 0.1) is 5.41 Å². The van der Waals surface area contributed by atoms with Gasteiger partial charge in [-0.25, -0.2) is 0 Å². The van der Waals surface area contributed by atoms with Crippen LogP contribution >= 0.6 is 0 Å². The van der Waals surface area contributed by atoms with Crippen molar-refractivity contribution in [3.8, 4) is 0 Å². The number of hydrogen-bond donors (Lipinski definition) is 0. The van der Waals surface area contributed by atoms with E-state index in [0.29, 0.717) is 0 Å². The number of rotatable bonds is 3. The fourth-order valence-electron chi connectivity index (χ4n) is 3.51. The minimum absolute atomic E-state index is 0.259. The summed E-state index contributed by atoms with van der Waals surface area (Å²) in [5.41, 5.74) is 3.98. The molecule has 0 spiro atoms. The monoisotopic (exact) mass is 305 g/mol. The van der Waals surface area contributed by atoms with Crippen molar-refractivity contribution in [2.45, 2.75) is 32.1 Å². The first kappa shape index (κ1) is 15.5. The van der Waals surface area contributed by atoms with Gasteiger partial charge in [-0.1, -0.05) is 42.5 Å². The molecule has 0 heterocycles. The van der Waals surface area contributed by atoms with Gasteiger partial charge in [0.1, 0.15) is 0 Å². The number of hydrogen-bond acceptors (Lipinski definition) is 2. The molecule has 0 radical (unpaired) electrons. The number of anilines is 1. The number of nitrogens with zero attached hydrogens (tertiary/aromatic N) is 1. The lowest BCUT2D eigenvalue weighted by Crippen LogP contribution is -2.28. The van der Waals surface area contributed by atoms with Crippen LogP contribution in [-0.2, 0) is 10.2 Å². The standard InChI is InChI=1S/C21H23NO/c1-16-9-7-8-12-19(16)21(2)14-13-17(20(21)23)15-22(3)18-10-5-4-6-11-18/h4-12,15H,13-14H2,1-3H3/b17-15+. The van der Waals surface area contributed by atoms with Gasteiger partial charge in [0.25, 0.3) is 0 Å². The summed E-state index contributed by atoms with van der Waals surface area (Å²) in [4.78, 5) is 15.1. The molecular weight excluding hydrogens is 282 g/mol. The van der Waals surface area contributed by atoms with Gasteiger partial charge in [0.2, 0.25) is 0 Å². The number of carbonyl (C=O) groups excluding carboxylic acids is 1. The lowest BCUT2D eigenvalue weighted by molar-refractivity contribution is -0.118. The first-order valence-electron chi connectivity index (χ1n) is 8.12. The van der Waals surface area contributed by atoms with E-state index in [1.54, 1.807) is 0 Å². The molecule has 0 N–H and O–H groups in total. The van der Waals surface area contributed by atoms with Crippen LogP contribution in [0.2, 0.25) is 0 Å². The summed E-state index contributed by atoms with van der Waals surface area (Å²) in [5.74, 6) is 0.259. The summed E-state index contributed by atoms with van der Waals surface area (Å²) < 4.78 is 0. The van der Waals surface area contributed by atoms with Crippen molar-refractivity contribution >= 4 is 11.5 Å². The summed E-state index contributed by atoms with van der Waals surface area (Å²) in [5, 5.41) is 0. The Morgan fingerprint density at radius 3 is 2.39 bits per heavy atom. The zero-order valence-corrected chi connectivity index (χ0v) is 14.0. The highest BCUT2D eigenvalue weighted by molar-refractivity contribution is 6.06. The van der Waals surface area contributed by atoms with E-state index in [1.807, 2.05) is 48.5 Å². The van der Waals surface area contributed by atoms with Crippen molar-refractivity contribution in [1.82, 2.24) is 0 Å². The summed E-state index contributed by atoms with van der Waals surface area (Å²) in [6.45, 7) is 4.17. The van der Waals surface area contributed by atoms with Crippen LogP contribution in [0.1, 0.15) is 30.9 Å². The number of allylic oxidation sites excluding steroid dienone is 1. The molecule has 118 valence electrons. The van der Waals surface area contributed by atoms with Crippen molar-refractivity contribution in [3.05, 3.63) is 77.5 Å². The molecule has 2 heteroatoms. The van der Waals surface area contributed by atoms with E-state index in [2.05, 4.69) is 38.1 Å². The highest BCUT2D eigenvalue weighted by Crippen LogP contribution is 2.42. The zero-order valence-electron chi connectivity index (χ0n) is 14.0. The maximum atomic E-state index is 13.1. The van der Waals surface area contributed by atoms with Crippen molar-refractivity contribution < 1.29 is 4.79 Å². The van der Waals surface area contributed by atoms with Gasteiger partial charge in [-0.2, -0.15) is 0 Å². The molecule has 0 saturated heterocycles. The van der Waals surface area contributed by atoms with E-state index < -0.39 is 5.41 Å². The molecule has 3 rings (SSSR count). The van der Waals surface area contributed by atoms with Crippen LogP contribution < -0.4 is 4.90 Å². The summed E-state index contributed by atoms with van der Waals surface area (Å²) >= 11 is 0. The SMILES string of the molecule is Cc1ccccc1C1(C)CC/C(=C\N(C)c2ccccc2)C1=O. The molecule has 1 unspecified atom stereocenters. The van der Waals surface area contributed by atoms with Crippen molar-refractivity contribution in [1.29, 1.82) is 0 Å². The largest absolute Gasteiger partial charge is 0.351 e. The van der Waals surface area contributed by atoms with Gasteiger partial charge >= 0.3 is 0 Å². The minimum Gasteiger partial charge on any atom is -0.351 e. The second kappa shape index (κ2) is 6.04. The number of carbonyl (C=O) groups is 1. The maximum absolute atomic E-state index is 13.1. The van der Waals surface area contributed by atoms with E-state index in [0.717, 1.165) is 29.7 Å². The number of benzene rings is 2. The van der Waals surface area contributed by atoms with Gasteiger partial charge in [-0.15, -0.1) is 0 Å². The van der Waals surface area contributed by atoms with Gasteiger partial charge in [-0.05, 0) is 49.9 Å². The first-order valence-corrected chi connectivity index (χ1v) is 8.12. The summed E-state index contributed by atoms with van der Waals surface area (Å²) in [6.07, 6.45) is 3.72. The Kier molecular flexibility index (Phi) is 4.08. The normalized spacial score (nSPS) is 22.6. The van der Waals surface area contributed by atoms with Crippen LogP contribution in [0.5, 0.6) is 0 Å². The number of Topliss-reactive ketones (excluding diaryl/α,β-unsaturated/α-hetero) is 1. The quantitative estimate of drug-likeness (QED) is 0.770. The average Bonchev–Trinajstić information content (AvgIpc) is 2.85. The van der Waals surface area contributed by atoms with Crippen molar-refractivity contribution in [2.24, 2.45) is 0 Å². The smallest absolute Gasteiger partial charge is 0.170 e. The Morgan fingerprint density at radius 2 is 1.70 bits per heavy atom. The molecule has 1 saturated carbocycles. The van der Waals surface area contributed by atoms with Crippen LogP contribution in [0, 0.1) is 6.92 Å². The molecule has 1 aliphatic carbocycles. The average molecular weight is 305 g/mol. The fraction of sp³-hybridized carbons (Fsp3) is 0.286. The lowest BCUT2D eigenvalue weighted by Gasteiger charge is -2.24. The van der Waals surface area contributed by atoms with E-state index in [1.165, 1.54) is 5.56 Å². The first-order chi connectivity index (χ1) is 11.0. The van der Waals surface area contributed by atoms with Gasteiger partial charge < -0.3 is 4.90 Å². The van der Waals surface area contributed by atoms with Gasteiger partial charge in [-0.3, -0.25) is 4.79 Å². The van der Waals surface area contributed by atoms with Crippen LogP contribution in [-0.4, -0.2) is 12.8 Å². The van der Waals surface area contributed by atoms with Gasteiger partial charge in [0, 0.05) is 24.5 Å². The van der Waals surface area contributed by atoms with Crippen molar-refractivity contribution in [2.75, 3.05) is 11.9 Å². The lowest BCUT2D eigenvalue weighted by atomic mass is 9.78. The van der Waals surface area contributed by atoms with E-state index >= 15 is 0 Å². The van der Waals surface area contributed by atoms with Crippen LogP contribution in [0.3, 0.4) is 0 Å². The second-order valence-electron chi connectivity index (χ2n) is 6.58.